The molecule has 0 aliphatic heterocycles. The summed E-state index contributed by atoms with van der Waals surface area (Å²) in [4.78, 5) is 22.2. The Labute approximate surface area is 139 Å². The monoisotopic (exact) mass is 326 g/mol. The smallest absolute Gasteiger partial charge is 0.270 e. The van der Waals surface area contributed by atoms with E-state index in [1.54, 1.807) is 25.3 Å². The van der Waals surface area contributed by atoms with Crippen molar-refractivity contribution in [1.82, 2.24) is 5.32 Å². The van der Waals surface area contributed by atoms with Crippen molar-refractivity contribution in [2.45, 2.75) is 13.2 Å². The van der Waals surface area contributed by atoms with Gasteiger partial charge in [0.05, 0.1) is 11.5 Å². The Morgan fingerprint density at radius 2 is 1.96 bits per heavy atom. The topological polar surface area (TPSA) is 81.5 Å². The van der Waals surface area contributed by atoms with Gasteiger partial charge in [-0.15, -0.1) is 0 Å². The van der Waals surface area contributed by atoms with Crippen LogP contribution in [0.15, 0.2) is 54.6 Å². The van der Waals surface area contributed by atoms with Gasteiger partial charge >= 0.3 is 0 Å². The summed E-state index contributed by atoms with van der Waals surface area (Å²) in [5.41, 5.74) is 2.59. The predicted octanol–water partition coefficient (Wildman–Crippen LogP) is 3.07. The molecule has 0 radical (unpaired) electrons. The molecule has 0 spiro atoms. The molecule has 0 heterocycles. The minimum Gasteiger partial charge on any atom is -0.380 e. The van der Waals surface area contributed by atoms with Crippen molar-refractivity contribution < 1.29 is 14.5 Å². The molecular weight excluding hydrogens is 308 g/mol. The van der Waals surface area contributed by atoms with Gasteiger partial charge in [-0.2, -0.15) is 0 Å². The number of hydrogen-bond donors (Lipinski definition) is 1. The van der Waals surface area contributed by atoms with Crippen LogP contribution in [0.5, 0.6) is 0 Å². The first-order valence-corrected chi connectivity index (χ1v) is 7.36. The second-order valence-corrected chi connectivity index (χ2v) is 5.10. The largest absolute Gasteiger partial charge is 0.380 e. The van der Waals surface area contributed by atoms with E-state index in [0.717, 1.165) is 11.1 Å². The summed E-state index contributed by atoms with van der Waals surface area (Å²) >= 11 is 0. The lowest BCUT2D eigenvalue weighted by Gasteiger charge is -2.08. The maximum absolute atomic E-state index is 11.9. The van der Waals surface area contributed by atoms with Gasteiger partial charge in [-0.3, -0.25) is 14.9 Å². The average molecular weight is 326 g/mol. The van der Waals surface area contributed by atoms with Crippen molar-refractivity contribution in [3.05, 3.63) is 81.4 Å². The summed E-state index contributed by atoms with van der Waals surface area (Å²) in [6, 6.07) is 13.8. The van der Waals surface area contributed by atoms with Gasteiger partial charge in [-0.25, -0.2) is 0 Å². The third-order valence-corrected chi connectivity index (χ3v) is 3.38. The highest BCUT2D eigenvalue weighted by atomic mass is 16.6. The molecule has 0 bridgehead atoms. The highest BCUT2D eigenvalue weighted by Crippen LogP contribution is 2.14. The molecule has 0 unspecified atom stereocenters. The number of carbonyl (C=O) groups excluding carboxylic acids is 1. The maximum atomic E-state index is 11.9. The molecule has 6 nitrogen and oxygen atoms in total. The Kier molecular flexibility index (Phi) is 6.22. The fourth-order valence-electron chi connectivity index (χ4n) is 2.18. The van der Waals surface area contributed by atoms with E-state index in [1.807, 2.05) is 24.3 Å². The highest BCUT2D eigenvalue weighted by Gasteiger charge is 2.05. The van der Waals surface area contributed by atoms with Gasteiger partial charge in [-0.1, -0.05) is 36.4 Å². The standard InChI is InChI=1S/C18H18N2O4/c1-24-13-16-7-3-2-6-15(16)12-19-18(21)10-9-14-5-4-8-17(11-14)20(22)23/h2-11H,12-13H2,1H3,(H,19,21)/b10-9+. The van der Waals surface area contributed by atoms with Crippen LogP contribution in [0.3, 0.4) is 0 Å². The molecule has 2 aromatic carbocycles. The first kappa shape index (κ1) is 17.4. The number of nitro benzene ring substituents is 1. The zero-order valence-corrected chi connectivity index (χ0v) is 13.3. The van der Waals surface area contributed by atoms with Crippen LogP contribution in [0.4, 0.5) is 5.69 Å². The molecule has 6 heteroatoms. The number of nitrogens with zero attached hydrogens (tertiary/aromatic N) is 1. The molecule has 2 rings (SSSR count). The quantitative estimate of drug-likeness (QED) is 0.481. The number of rotatable bonds is 7. The highest BCUT2D eigenvalue weighted by molar-refractivity contribution is 5.91. The Balaban J connectivity index is 1.96. The summed E-state index contributed by atoms with van der Waals surface area (Å²) in [6.07, 6.45) is 2.90. The van der Waals surface area contributed by atoms with Gasteiger partial charge < -0.3 is 10.1 Å². The summed E-state index contributed by atoms with van der Waals surface area (Å²) in [5, 5.41) is 13.5. The van der Waals surface area contributed by atoms with Crippen LogP contribution in [0.25, 0.3) is 6.08 Å². The van der Waals surface area contributed by atoms with Crippen LogP contribution in [0, 0.1) is 10.1 Å². The zero-order valence-electron chi connectivity index (χ0n) is 13.3. The molecule has 124 valence electrons. The van der Waals surface area contributed by atoms with Crippen LogP contribution < -0.4 is 5.32 Å². The van der Waals surface area contributed by atoms with Crippen molar-refractivity contribution in [2.24, 2.45) is 0 Å². The summed E-state index contributed by atoms with van der Waals surface area (Å²) < 4.78 is 5.13. The van der Waals surface area contributed by atoms with Gasteiger partial charge in [0, 0.05) is 31.9 Å². The first-order valence-electron chi connectivity index (χ1n) is 7.36. The molecule has 0 aliphatic rings. The van der Waals surface area contributed by atoms with Gasteiger partial charge in [0.2, 0.25) is 5.91 Å². The number of ether oxygens (including phenoxy) is 1. The molecule has 0 aliphatic carbocycles. The Hall–Kier alpha value is -2.99. The van der Waals surface area contributed by atoms with E-state index in [-0.39, 0.29) is 11.6 Å². The minimum atomic E-state index is -0.468. The lowest BCUT2D eigenvalue weighted by atomic mass is 10.1. The summed E-state index contributed by atoms with van der Waals surface area (Å²) in [6.45, 7) is 0.868. The van der Waals surface area contributed by atoms with Crippen LogP contribution >= 0.6 is 0 Å². The number of non-ortho nitro benzene ring substituents is 1. The Morgan fingerprint density at radius 3 is 2.67 bits per heavy atom. The van der Waals surface area contributed by atoms with E-state index in [4.69, 9.17) is 4.74 Å². The lowest BCUT2D eigenvalue weighted by Crippen LogP contribution is -2.21. The van der Waals surface area contributed by atoms with E-state index in [0.29, 0.717) is 18.7 Å². The molecule has 0 atom stereocenters. The fourth-order valence-corrected chi connectivity index (χ4v) is 2.18. The van der Waals surface area contributed by atoms with Crippen molar-refractivity contribution >= 4 is 17.7 Å². The van der Waals surface area contributed by atoms with Crippen molar-refractivity contribution in [3.63, 3.8) is 0 Å². The Morgan fingerprint density at radius 1 is 1.21 bits per heavy atom. The maximum Gasteiger partial charge on any atom is 0.270 e. The van der Waals surface area contributed by atoms with Crippen LogP contribution in [-0.2, 0) is 22.7 Å². The van der Waals surface area contributed by atoms with Gasteiger partial charge in [0.1, 0.15) is 0 Å². The lowest BCUT2D eigenvalue weighted by molar-refractivity contribution is -0.384. The van der Waals surface area contributed by atoms with Gasteiger partial charge in [0.15, 0.2) is 0 Å². The van der Waals surface area contributed by atoms with Crippen molar-refractivity contribution in [1.29, 1.82) is 0 Å². The van der Waals surface area contributed by atoms with E-state index < -0.39 is 4.92 Å². The minimum absolute atomic E-state index is 0.00829. The molecule has 0 aromatic heterocycles. The predicted molar refractivity (Wildman–Crippen MR) is 91.1 cm³/mol. The normalized spacial score (nSPS) is 10.7. The summed E-state index contributed by atoms with van der Waals surface area (Å²) in [5.74, 6) is -0.270. The molecule has 1 amide bonds. The van der Waals surface area contributed by atoms with Gasteiger partial charge in [0.25, 0.3) is 5.69 Å². The zero-order chi connectivity index (χ0) is 17.4. The number of amides is 1. The van der Waals surface area contributed by atoms with Crippen molar-refractivity contribution in [3.8, 4) is 0 Å². The fraction of sp³-hybridized carbons (Fsp3) is 0.167. The second kappa shape index (κ2) is 8.59. The number of carbonyl (C=O) groups is 1. The van der Waals surface area contributed by atoms with E-state index in [9.17, 15) is 14.9 Å². The molecular formula is C18H18N2O4. The van der Waals surface area contributed by atoms with Crippen LogP contribution in [-0.4, -0.2) is 17.9 Å². The molecule has 1 N–H and O–H groups in total. The second-order valence-electron chi connectivity index (χ2n) is 5.10. The molecule has 0 fully saturated rings. The van der Waals surface area contributed by atoms with E-state index in [1.165, 1.54) is 18.2 Å². The number of nitrogens with one attached hydrogen (secondary N) is 1. The van der Waals surface area contributed by atoms with Crippen LogP contribution in [0.1, 0.15) is 16.7 Å². The molecule has 0 saturated heterocycles. The van der Waals surface area contributed by atoms with E-state index in [2.05, 4.69) is 5.32 Å². The third kappa shape index (κ3) is 5.03. The molecule has 2 aromatic rings. The molecule has 0 saturated carbocycles. The van der Waals surface area contributed by atoms with E-state index >= 15 is 0 Å². The van der Waals surface area contributed by atoms with Gasteiger partial charge in [-0.05, 0) is 22.8 Å². The Bertz CT molecular complexity index is 756. The number of hydrogen-bond acceptors (Lipinski definition) is 4. The van der Waals surface area contributed by atoms with Crippen molar-refractivity contribution in [2.75, 3.05) is 7.11 Å². The summed E-state index contributed by atoms with van der Waals surface area (Å²) in [7, 11) is 1.62. The van der Waals surface area contributed by atoms with Crippen LogP contribution in [0.2, 0.25) is 0 Å². The molecule has 24 heavy (non-hydrogen) atoms. The SMILES string of the molecule is COCc1ccccc1CNC(=O)/C=C/c1cccc([N+](=O)[O-])c1. The number of benzene rings is 2. The number of methoxy groups -OCH3 is 1. The third-order valence-electron chi connectivity index (χ3n) is 3.38. The average Bonchev–Trinajstić information content (AvgIpc) is 2.59. The number of nitro groups is 1. The first-order chi connectivity index (χ1) is 11.6.